The van der Waals surface area contributed by atoms with Crippen LogP contribution in [0.25, 0.3) is 0 Å². The summed E-state index contributed by atoms with van der Waals surface area (Å²) in [5.41, 5.74) is 2.71. The minimum atomic E-state index is -1.82. The molecular formula is C28H37NO7. The summed E-state index contributed by atoms with van der Waals surface area (Å²) in [5.74, 6) is -0.489. The first kappa shape index (κ1) is 27.5. The fraction of sp³-hybridized carbons (Fsp3) is 0.500. The Morgan fingerprint density at radius 2 is 1.75 bits per heavy atom. The quantitative estimate of drug-likeness (QED) is 0.341. The molecule has 196 valence electrons. The lowest BCUT2D eigenvalue weighted by Crippen LogP contribution is -2.37. The molecule has 0 radical (unpaired) electrons. The van der Waals surface area contributed by atoms with Gasteiger partial charge < -0.3 is 29.7 Å². The van der Waals surface area contributed by atoms with Crippen LogP contribution in [0.3, 0.4) is 0 Å². The van der Waals surface area contributed by atoms with Crippen molar-refractivity contribution in [3.05, 3.63) is 59.7 Å². The van der Waals surface area contributed by atoms with E-state index in [-0.39, 0.29) is 5.60 Å². The summed E-state index contributed by atoms with van der Waals surface area (Å²) >= 11 is 0. The monoisotopic (exact) mass is 499 g/mol. The first-order valence-corrected chi connectivity index (χ1v) is 12.5. The average Bonchev–Trinajstić information content (AvgIpc) is 3.31. The molecule has 0 aliphatic carbocycles. The zero-order chi connectivity index (χ0) is 26.0. The van der Waals surface area contributed by atoms with Gasteiger partial charge in [0.25, 0.3) is 0 Å². The van der Waals surface area contributed by atoms with Crippen LogP contribution in [0.2, 0.25) is 0 Å². The van der Waals surface area contributed by atoms with E-state index in [1.807, 2.05) is 6.07 Å². The van der Waals surface area contributed by atoms with Crippen molar-refractivity contribution in [3.63, 3.8) is 0 Å². The van der Waals surface area contributed by atoms with Crippen molar-refractivity contribution in [2.45, 2.75) is 58.1 Å². The predicted octanol–water partition coefficient (Wildman–Crippen LogP) is 4.50. The van der Waals surface area contributed by atoms with E-state index in [0.717, 1.165) is 43.5 Å². The van der Waals surface area contributed by atoms with Gasteiger partial charge in [-0.25, -0.2) is 9.59 Å². The van der Waals surface area contributed by atoms with Crippen molar-refractivity contribution in [2.24, 2.45) is 11.8 Å². The Labute approximate surface area is 212 Å². The molecule has 2 atom stereocenters. The van der Waals surface area contributed by atoms with E-state index in [0.29, 0.717) is 12.7 Å². The highest BCUT2D eigenvalue weighted by Gasteiger charge is 2.33. The Morgan fingerprint density at radius 1 is 1.03 bits per heavy atom. The van der Waals surface area contributed by atoms with E-state index < -0.39 is 11.9 Å². The number of carbonyl (C=O) groups is 2. The average molecular weight is 500 g/mol. The van der Waals surface area contributed by atoms with Crippen LogP contribution in [0.1, 0.15) is 50.7 Å². The first-order valence-electron chi connectivity index (χ1n) is 12.5. The maximum absolute atomic E-state index is 9.10. The van der Waals surface area contributed by atoms with Gasteiger partial charge in [-0.15, -0.1) is 0 Å². The molecule has 2 aromatic carbocycles. The van der Waals surface area contributed by atoms with Gasteiger partial charge in [-0.05, 0) is 87.6 Å². The molecule has 8 heteroatoms. The van der Waals surface area contributed by atoms with E-state index >= 15 is 0 Å². The Kier molecular flexibility index (Phi) is 10.1. The van der Waals surface area contributed by atoms with Gasteiger partial charge in [-0.3, -0.25) is 0 Å². The lowest BCUT2D eigenvalue weighted by Gasteiger charge is -2.39. The van der Waals surface area contributed by atoms with E-state index in [1.165, 1.54) is 36.8 Å². The molecule has 0 bridgehead atoms. The SMILES string of the molecule is CC1(C)CC(C(CCCNCc2ccc3c(c2)OCO3)Cc2ccccc2)CCO1.O=C(O)C(=O)O. The largest absolute Gasteiger partial charge is 0.473 e. The molecule has 0 amide bonds. The Bertz CT molecular complexity index is 981. The third-order valence-corrected chi connectivity index (χ3v) is 6.62. The number of rotatable bonds is 9. The highest BCUT2D eigenvalue weighted by atomic mass is 16.7. The molecular weight excluding hydrogens is 462 g/mol. The van der Waals surface area contributed by atoms with Gasteiger partial charge in [0.05, 0.1) is 5.60 Å². The number of carboxylic acid groups (broad SMARTS) is 2. The van der Waals surface area contributed by atoms with Crippen LogP contribution < -0.4 is 14.8 Å². The summed E-state index contributed by atoms with van der Waals surface area (Å²) in [6.07, 6.45) is 5.97. The molecule has 2 aromatic rings. The van der Waals surface area contributed by atoms with Gasteiger partial charge in [0.1, 0.15) is 0 Å². The summed E-state index contributed by atoms with van der Waals surface area (Å²) < 4.78 is 16.9. The molecule has 1 saturated heterocycles. The number of carboxylic acids is 2. The first-order chi connectivity index (χ1) is 17.2. The van der Waals surface area contributed by atoms with E-state index in [9.17, 15) is 0 Å². The highest BCUT2D eigenvalue weighted by molar-refractivity contribution is 6.27. The number of aliphatic carboxylic acids is 2. The number of fused-ring (bicyclic) bond motifs is 1. The molecule has 8 nitrogen and oxygen atoms in total. The fourth-order valence-electron chi connectivity index (χ4n) is 4.88. The zero-order valence-corrected chi connectivity index (χ0v) is 21.1. The third-order valence-electron chi connectivity index (χ3n) is 6.62. The van der Waals surface area contributed by atoms with Crippen LogP contribution >= 0.6 is 0 Å². The van der Waals surface area contributed by atoms with Crippen LogP contribution in [0.15, 0.2) is 48.5 Å². The molecule has 0 aromatic heterocycles. The standard InChI is InChI=1S/C26H35NO3.C2H2O4/c1-26(2)17-23(12-14-30-26)22(15-20-7-4-3-5-8-20)9-6-13-27-18-21-10-11-24-25(16-21)29-19-28-24;3-1(4)2(5)6/h3-5,7-8,10-11,16,22-23,27H,6,9,12-15,17-19H2,1-2H3;(H,3,4)(H,5,6). The van der Waals surface area contributed by atoms with Gasteiger partial charge in [0.2, 0.25) is 6.79 Å². The van der Waals surface area contributed by atoms with Crippen molar-refractivity contribution >= 4 is 11.9 Å². The van der Waals surface area contributed by atoms with Crippen molar-refractivity contribution in [3.8, 4) is 11.5 Å². The maximum Gasteiger partial charge on any atom is 0.414 e. The second-order valence-corrected chi connectivity index (χ2v) is 9.93. The van der Waals surface area contributed by atoms with Crippen LogP contribution in [0.5, 0.6) is 11.5 Å². The number of hydrogen-bond donors (Lipinski definition) is 3. The van der Waals surface area contributed by atoms with Crippen LogP contribution in [-0.2, 0) is 27.3 Å². The van der Waals surface area contributed by atoms with E-state index in [2.05, 4.69) is 61.6 Å². The molecule has 36 heavy (non-hydrogen) atoms. The summed E-state index contributed by atoms with van der Waals surface area (Å²) in [6.45, 7) is 7.61. The molecule has 2 aliphatic rings. The van der Waals surface area contributed by atoms with E-state index in [1.54, 1.807) is 0 Å². The number of hydrogen-bond acceptors (Lipinski definition) is 6. The Morgan fingerprint density at radius 3 is 2.44 bits per heavy atom. The molecule has 1 fully saturated rings. The fourth-order valence-corrected chi connectivity index (χ4v) is 4.88. The lowest BCUT2D eigenvalue weighted by atomic mass is 9.75. The number of nitrogens with one attached hydrogen (secondary N) is 1. The normalized spacial score (nSPS) is 18.6. The van der Waals surface area contributed by atoms with Crippen molar-refractivity contribution < 1.29 is 34.0 Å². The molecule has 3 N–H and O–H groups in total. The minimum Gasteiger partial charge on any atom is -0.473 e. The third kappa shape index (κ3) is 8.84. The highest BCUT2D eigenvalue weighted by Crippen LogP contribution is 2.37. The predicted molar refractivity (Wildman–Crippen MR) is 135 cm³/mol. The Balaban J connectivity index is 0.000000538. The Hall–Kier alpha value is -3.10. The number of benzene rings is 2. The maximum atomic E-state index is 9.10. The second kappa shape index (κ2) is 13.3. The lowest BCUT2D eigenvalue weighted by molar-refractivity contribution is -0.159. The summed E-state index contributed by atoms with van der Waals surface area (Å²) in [4.78, 5) is 18.2. The van der Waals surface area contributed by atoms with Gasteiger partial charge in [-0.1, -0.05) is 36.4 Å². The summed E-state index contributed by atoms with van der Waals surface area (Å²) in [5, 5.41) is 18.4. The summed E-state index contributed by atoms with van der Waals surface area (Å²) in [6, 6.07) is 17.2. The molecule has 2 heterocycles. The van der Waals surface area contributed by atoms with Crippen molar-refractivity contribution in [2.75, 3.05) is 19.9 Å². The molecule has 0 spiro atoms. The van der Waals surface area contributed by atoms with Gasteiger partial charge >= 0.3 is 11.9 Å². The van der Waals surface area contributed by atoms with Crippen molar-refractivity contribution in [1.29, 1.82) is 0 Å². The molecule has 0 saturated carbocycles. The van der Waals surface area contributed by atoms with Crippen LogP contribution in [0, 0.1) is 11.8 Å². The van der Waals surface area contributed by atoms with Gasteiger partial charge in [0, 0.05) is 13.2 Å². The van der Waals surface area contributed by atoms with Crippen LogP contribution in [-0.4, -0.2) is 47.7 Å². The topological polar surface area (TPSA) is 114 Å². The smallest absolute Gasteiger partial charge is 0.414 e. The van der Waals surface area contributed by atoms with Crippen LogP contribution in [0.4, 0.5) is 0 Å². The van der Waals surface area contributed by atoms with Crippen molar-refractivity contribution in [1.82, 2.24) is 5.32 Å². The molecule has 4 rings (SSSR count). The zero-order valence-electron chi connectivity index (χ0n) is 21.1. The molecule has 2 aliphatic heterocycles. The molecule has 2 unspecified atom stereocenters. The number of ether oxygens (including phenoxy) is 3. The van der Waals surface area contributed by atoms with E-state index in [4.69, 9.17) is 34.0 Å². The minimum absolute atomic E-state index is 0.00938. The van der Waals surface area contributed by atoms with Gasteiger partial charge in [0.15, 0.2) is 11.5 Å². The summed E-state index contributed by atoms with van der Waals surface area (Å²) in [7, 11) is 0. The second-order valence-electron chi connectivity index (χ2n) is 9.93. The van der Waals surface area contributed by atoms with Gasteiger partial charge in [-0.2, -0.15) is 0 Å².